The summed E-state index contributed by atoms with van der Waals surface area (Å²) >= 11 is 2.94. The number of rotatable bonds is 6. The zero-order chi connectivity index (χ0) is 14.8. The number of hydrogen-bond acceptors (Lipinski definition) is 5. The van der Waals surface area contributed by atoms with E-state index in [1.807, 2.05) is 16.8 Å². The van der Waals surface area contributed by atoms with E-state index < -0.39 is 12.7 Å². The van der Waals surface area contributed by atoms with Gasteiger partial charge in [0.1, 0.15) is 6.54 Å². The molecule has 0 saturated carbocycles. The highest BCUT2D eigenvalue weighted by Crippen LogP contribution is 2.12. The minimum Gasteiger partial charge on any atom is -0.346 e. The monoisotopic (exact) mass is 323 g/mol. The predicted octanol–water partition coefficient (Wildman–Crippen LogP) is 1.95. The van der Waals surface area contributed by atoms with Crippen LogP contribution in [0, 0.1) is 11.5 Å². The zero-order valence-electron chi connectivity index (χ0n) is 10.3. The number of aliphatic imine (C=N–C) groups is 1. The average Bonchev–Trinajstić information content (AvgIpc) is 2.87. The van der Waals surface area contributed by atoms with Crippen molar-refractivity contribution in [3.8, 4) is 6.19 Å². The average molecular weight is 323 g/mol. The van der Waals surface area contributed by atoms with Crippen molar-refractivity contribution in [2.24, 2.45) is 4.99 Å². The maximum Gasteiger partial charge on any atom is 0.405 e. The highest BCUT2D eigenvalue weighted by molar-refractivity contribution is 7.98. The van der Waals surface area contributed by atoms with Gasteiger partial charge in [0.2, 0.25) is 5.96 Å². The molecule has 0 aliphatic rings. The number of hydrogen-bond donors (Lipinski definition) is 2. The summed E-state index contributed by atoms with van der Waals surface area (Å²) in [5.74, 6) is 1.19. The van der Waals surface area contributed by atoms with Gasteiger partial charge in [-0.3, -0.25) is 10.3 Å². The Bertz CT molecular complexity index is 452. The third-order valence-electron chi connectivity index (χ3n) is 1.88. The SMILES string of the molecule is N#CN/C(=N\CCSCc1ccsn1)NCC(F)(F)F. The molecule has 5 nitrogen and oxygen atoms in total. The molecular formula is C10H12F3N5S2. The van der Waals surface area contributed by atoms with Crippen LogP contribution < -0.4 is 10.6 Å². The van der Waals surface area contributed by atoms with Crippen LogP contribution in [0.25, 0.3) is 0 Å². The Balaban J connectivity index is 2.26. The van der Waals surface area contributed by atoms with Crippen LogP contribution >= 0.6 is 23.3 Å². The van der Waals surface area contributed by atoms with E-state index in [-0.39, 0.29) is 5.96 Å². The zero-order valence-corrected chi connectivity index (χ0v) is 11.9. The van der Waals surface area contributed by atoms with Crippen LogP contribution in [0.3, 0.4) is 0 Å². The van der Waals surface area contributed by atoms with E-state index in [0.717, 1.165) is 11.4 Å². The van der Waals surface area contributed by atoms with Gasteiger partial charge in [-0.1, -0.05) is 0 Å². The predicted molar refractivity (Wildman–Crippen MR) is 73.4 cm³/mol. The fraction of sp³-hybridized carbons (Fsp3) is 0.500. The number of nitrogens with one attached hydrogen (secondary N) is 2. The Kier molecular flexibility index (Phi) is 7.17. The molecule has 1 aromatic rings. The van der Waals surface area contributed by atoms with Gasteiger partial charge in [0.05, 0.1) is 12.2 Å². The number of nitrogens with zero attached hydrogens (tertiary/aromatic N) is 3. The standard InChI is InChI=1S/C10H12F3N5S2/c11-10(12,13)6-16-9(17-7-14)15-2-4-19-5-8-1-3-20-18-8/h1,3H,2,4-6H2,(H2,15,16,17). The van der Waals surface area contributed by atoms with Crippen molar-refractivity contribution in [3.05, 3.63) is 17.1 Å². The lowest BCUT2D eigenvalue weighted by Crippen LogP contribution is -2.40. The summed E-state index contributed by atoms with van der Waals surface area (Å²) in [4.78, 5) is 3.87. The van der Waals surface area contributed by atoms with E-state index in [1.165, 1.54) is 11.5 Å². The van der Waals surface area contributed by atoms with E-state index in [4.69, 9.17) is 5.26 Å². The fourth-order valence-electron chi connectivity index (χ4n) is 1.09. The largest absolute Gasteiger partial charge is 0.405 e. The van der Waals surface area contributed by atoms with Crippen molar-refractivity contribution >= 4 is 29.3 Å². The molecule has 0 aliphatic carbocycles. The molecule has 0 unspecified atom stereocenters. The molecule has 0 aliphatic heterocycles. The molecule has 10 heteroatoms. The van der Waals surface area contributed by atoms with Gasteiger partial charge in [-0.2, -0.15) is 34.6 Å². The maximum absolute atomic E-state index is 12.0. The van der Waals surface area contributed by atoms with Crippen molar-refractivity contribution in [1.29, 1.82) is 5.26 Å². The molecule has 2 N–H and O–H groups in total. The molecule has 0 saturated heterocycles. The molecule has 0 spiro atoms. The first-order chi connectivity index (χ1) is 9.51. The third-order valence-corrected chi connectivity index (χ3v) is 3.45. The van der Waals surface area contributed by atoms with Gasteiger partial charge in [0.25, 0.3) is 0 Å². The lowest BCUT2D eigenvalue weighted by molar-refractivity contribution is -0.122. The Labute approximate surface area is 122 Å². The van der Waals surface area contributed by atoms with E-state index in [0.29, 0.717) is 12.3 Å². The normalized spacial score (nSPS) is 12.0. The van der Waals surface area contributed by atoms with Crippen LogP contribution in [0.2, 0.25) is 0 Å². The summed E-state index contributed by atoms with van der Waals surface area (Å²) in [5, 5.41) is 14.4. The highest BCUT2D eigenvalue weighted by atomic mass is 32.2. The van der Waals surface area contributed by atoms with E-state index in [2.05, 4.69) is 14.7 Å². The van der Waals surface area contributed by atoms with Gasteiger partial charge < -0.3 is 5.32 Å². The molecular weight excluding hydrogens is 311 g/mol. The van der Waals surface area contributed by atoms with Crippen molar-refractivity contribution in [1.82, 2.24) is 15.0 Å². The first-order valence-electron chi connectivity index (χ1n) is 5.48. The molecule has 0 bridgehead atoms. The Morgan fingerprint density at radius 2 is 2.35 bits per heavy atom. The van der Waals surface area contributed by atoms with Crippen molar-refractivity contribution < 1.29 is 13.2 Å². The second kappa shape index (κ2) is 8.65. The van der Waals surface area contributed by atoms with Gasteiger partial charge in [-0.25, -0.2) is 0 Å². The van der Waals surface area contributed by atoms with Gasteiger partial charge in [0, 0.05) is 16.9 Å². The quantitative estimate of drug-likeness (QED) is 0.275. The molecule has 20 heavy (non-hydrogen) atoms. The van der Waals surface area contributed by atoms with Crippen LogP contribution in [0.1, 0.15) is 5.69 Å². The first kappa shape index (κ1) is 16.6. The third kappa shape index (κ3) is 7.85. The van der Waals surface area contributed by atoms with Crippen LogP contribution in [0.15, 0.2) is 16.4 Å². The molecule has 0 fully saturated rings. The van der Waals surface area contributed by atoms with E-state index in [1.54, 1.807) is 18.0 Å². The second-order valence-electron chi connectivity index (χ2n) is 3.48. The highest BCUT2D eigenvalue weighted by Gasteiger charge is 2.27. The van der Waals surface area contributed by atoms with Gasteiger partial charge >= 0.3 is 6.18 Å². The van der Waals surface area contributed by atoms with Gasteiger partial charge in [-0.15, -0.1) is 0 Å². The second-order valence-corrected chi connectivity index (χ2v) is 5.25. The maximum atomic E-state index is 12.0. The number of alkyl halides is 3. The van der Waals surface area contributed by atoms with Crippen molar-refractivity contribution in [2.45, 2.75) is 11.9 Å². The topological polar surface area (TPSA) is 73.1 Å². The molecule has 110 valence electrons. The van der Waals surface area contributed by atoms with Crippen LogP contribution in [0.5, 0.6) is 0 Å². The summed E-state index contributed by atoms with van der Waals surface area (Å²) in [6.07, 6.45) is -2.81. The lowest BCUT2D eigenvalue weighted by atomic mass is 10.5. The smallest absolute Gasteiger partial charge is 0.346 e. The first-order valence-corrected chi connectivity index (χ1v) is 7.47. The summed E-state index contributed by atoms with van der Waals surface area (Å²) < 4.78 is 40.2. The number of halogens is 3. The number of aromatic nitrogens is 1. The van der Waals surface area contributed by atoms with Crippen molar-refractivity contribution in [3.63, 3.8) is 0 Å². The van der Waals surface area contributed by atoms with Crippen molar-refractivity contribution in [2.75, 3.05) is 18.8 Å². The summed E-state index contributed by atoms with van der Waals surface area (Å²) in [7, 11) is 0. The summed E-state index contributed by atoms with van der Waals surface area (Å²) in [6.45, 7) is -0.920. The minimum atomic E-state index is -4.35. The van der Waals surface area contributed by atoms with Gasteiger partial charge in [0.15, 0.2) is 6.19 Å². The molecule has 0 aromatic carbocycles. The number of thioether (sulfide) groups is 1. The van der Waals surface area contributed by atoms with Gasteiger partial charge in [-0.05, 0) is 17.6 Å². The van der Waals surface area contributed by atoms with Crippen LogP contribution in [-0.4, -0.2) is 35.4 Å². The summed E-state index contributed by atoms with van der Waals surface area (Å²) in [6, 6.07) is 1.91. The number of nitriles is 1. The Hall–Kier alpha value is -1.47. The van der Waals surface area contributed by atoms with Crippen LogP contribution in [0.4, 0.5) is 13.2 Å². The van der Waals surface area contributed by atoms with E-state index in [9.17, 15) is 13.2 Å². The minimum absolute atomic E-state index is 0.168. The summed E-state index contributed by atoms with van der Waals surface area (Å²) in [5.41, 5.74) is 0.967. The number of guanidine groups is 1. The Morgan fingerprint density at radius 3 is 2.95 bits per heavy atom. The van der Waals surface area contributed by atoms with Crippen LogP contribution in [-0.2, 0) is 5.75 Å². The molecule has 0 atom stereocenters. The molecule has 1 aromatic heterocycles. The van der Waals surface area contributed by atoms with E-state index >= 15 is 0 Å². The molecule has 0 radical (unpaired) electrons. The Morgan fingerprint density at radius 1 is 1.55 bits per heavy atom. The molecule has 1 heterocycles. The molecule has 1 rings (SSSR count). The molecule has 0 amide bonds. The lowest BCUT2D eigenvalue weighted by Gasteiger charge is -2.10. The fourth-order valence-corrected chi connectivity index (χ4v) is 2.44.